The van der Waals surface area contributed by atoms with Crippen LogP contribution in [0.2, 0.25) is 0 Å². The van der Waals surface area contributed by atoms with Gasteiger partial charge in [-0.05, 0) is 24.4 Å². The molecule has 2 nitrogen and oxygen atoms in total. The van der Waals surface area contributed by atoms with Gasteiger partial charge in [0.15, 0.2) is 4.77 Å². The third-order valence-corrected chi connectivity index (χ3v) is 2.60. The minimum absolute atomic E-state index is 0.325. The molecule has 0 bridgehead atoms. The predicted molar refractivity (Wildman–Crippen MR) is 55.9 cm³/mol. The van der Waals surface area contributed by atoms with Crippen LogP contribution < -0.4 is 0 Å². The van der Waals surface area contributed by atoms with Crippen LogP contribution in [-0.4, -0.2) is 9.55 Å². The van der Waals surface area contributed by atoms with Crippen molar-refractivity contribution in [3.63, 3.8) is 0 Å². The standard InChI is InChI=1S/C10H8F2N2S/c1-14-9(5-13-10(14)15)7-3-2-6(11)4-8(7)12/h2-5H,1H3,(H,13,15). The maximum absolute atomic E-state index is 13.4. The van der Waals surface area contributed by atoms with Crippen molar-refractivity contribution in [3.8, 4) is 11.3 Å². The Bertz CT molecular complexity index is 557. The van der Waals surface area contributed by atoms with Gasteiger partial charge in [-0.25, -0.2) is 8.78 Å². The molecule has 0 atom stereocenters. The first kappa shape index (κ1) is 10.0. The topological polar surface area (TPSA) is 20.7 Å². The Kier molecular flexibility index (Phi) is 2.40. The van der Waals surface area contributed by atoms with Gasteiger partial charge in [0.25, 0.3) is 0 Å². The van der Waals surface area contributed by atoms with Crippen LogP contribution in [0.3, 0.4) is 0 Å². The van der Waals surface area contributed by atoms with Gasteiger partial charge in [-0.15, -0.1) is 0 Å². The second-order valence-electron chi connectivity index (χ2n) is 3.16. The van der Waals surface area contributed by atoms with Crippen molar-refractivity contribution < 1.29 is 8.78 Å². The van der Waals surface area contributed by atoms with E-state index in [1.807, 2.05) is 0 Å². The summed E-state index contributed by atoms with van der Waals surface area (Å²) < 4.78 is 28.2. The lowest BCUT2D eigenvalue weighted by Gasteiger charge is -2.03. The summed E-state index contributed by atoms with van der Waals surface area (Å²) in [6.45, 7) is 0. The van der Waals surface area contributed by atoms with E-state index in [-0.39, 0.29) is 0 Å². The van der Waals surface area contributed by atoms with Gasteiger partial charge in [0.2, 0.25) is 0 Å². The summed E-state index contributed by atoms with van der Waals surface area (Å²) in [6.07, 6.45) is 1.60. The summed E-state index contributed by atoms with van der Waals surface area (Å²) in [6, 6.07) is 3.46. The maximum atomic E-state index is 13.4. The molecule has 0 unspecified atom stereocenters. The van der Waals surface area contributed by atoms with Crippen LogP contribution in [0.25, 0.3) is 11.3 Å². The molecule has 0 saturated carbocycles. The summed E-state index contributed by atoms with van der Waals surface area (Å²) in [5.74, 6) is -1.19. The molecular formula is C10H8F2N2S. The number of benzene rings is 1. The molecule has 5 heteroatoms. The predicted octanol–water partition coefficient (Wildman–Crippen LogP) is 3.03. The van der Waals surface area contributed by atoms with E-state index in [0.29, 0.717) is 16.0 Å². The average molecular weight is 226 g/mol. The molecule has 15 heavy (non-hydrogen) atoms. The van der Waals surface area contributed by atoms with E-state index in [0.717, 1.165) is 6.07 Å². The summed E-state index contributed by atoms with van der Waals surface area (Å²) in [7, 11) is 1.72. The van der Waals surface area contributed by atoms with E-state index in [9.17, 15) is 8.78 Å². The van der Waals surface area contributed by atoms with Crippen molar-refractivity contribution in [2.45, 2.75) is 0 Å². The molecule has 1 heterocycles. The molecule has 2 rings (SSSR count). The zero-order chi connectivity index (χ0) is 11.0. The fourth-order valence-electron chi connectivity index (χ4n) is 1.39. The third-order valence-electron chi connectivity index (χ3n) is 2.21. The molecule has 0 spiro atoms. The number of aromatic amines is 1. The summed E-state index contributed by atoms with van der Waals surface area (Å²) in [4.78, 5) is 2.79. The van der Waals surface area contributed by atoms with Gasteiger partial charge in [-0.1, -0.05) is 0 Å². The lowest BCUT2D eigenvalue weighted by Crippen LogP contribution is -1.94. The molecule has 0 aliphatic carbocycles. The van der Waals surface area contributed by atoms with Crippen LogP contribution in [0.4, 0.5) is 8.78 Å². The van der Waals surface area contributed by atoms with E-state index >= 15 is 0 Å². The molecule has 2 aromatic rings. The molecule has 0 fully saturated rings. The quantitative estimate of drug-likeness (QED) is 0.741. The first-order valence-electron chi connectivity index (χ1n) is 4.29. The highest BCUT2D eigenvalue weighted by molar-refractivity contribution is 7.71. The summed E-state index contributed by atoms with van der Waals surface area (Å²) in [5.41, 5.74) is 0.920. The van der Waals surface area contributed by atoms with E-state index in [2.05, 4.69) is 4.98 Å². The Hall–Kier alpha value is -1.49. The maximum Gasteiger partial charge on any atom is 0.177 e. The Balaban J connectivity index is 2.64. The van der Waals surface area contributed by atoms with Crippen LogP contribution in [-0.2, 0) is 7.05 Å². The second-order valence-corrected chi connectivity index (χ2v) is 3.55. The molecule has 0 aliphatic rings. The highest BCUT2D eigenvalue weighted by Gasteiger charge is 2.09. The number of nitrogens with zero attached hydrogens (tertiary/aromatic N) is 1. The molecular weight excluding hydrogens is 218 g/mol. The number of rotatable bonds is 1. The van der Waals surface area contributed by atoms with Crippen LogP contribution in [0, 0.1) is 16.4 Å². The number of hydrogen-bond donors (Lipinski definition) is 1. The van der Waals surface area contributed by atoms with Crippen molar-refractivity contribution in [3.05, 3.63) is 40.8 Å². The lowest BCUT2D eigenvalue weighted by molar-refractivity contribution is 0.584. The summed E-state index contributed by atoms with van der Waals surface area (Å²) >= 11 is 4.95. The van der Waals surface area contributed by atoms with Crippen molar-refractivity contribution >= 4 is 12.2 Å². The zero-order valence-corrected chi connectivity index (χ0v) is 8.74. The highest BCUT2D eigenvalue weighted by atomic mass is 32.1. The number of aromatic nitrogens is 2. The van der Waals surface area contributed by atoms with Crippen LogP contribution >= 0.6 is 12.2 Å². The van der Waals surface area contributed by atoms with Crippen molar-refractivity contribution in [1.29, 1.82) is 0 Å². The van der Waals surface area contributed by atoms with E-state index in [1.54, 1.807) is 17.8 Å². The summed E-state index contributed by atoms with van der Waals surface area (Å²) in [5, 5.41) is 0. The van der Waals surface area contributed by atoms with Crippen molar-refractivity contribution in [2.24, 2.45) is 7.05 Å². The number of halogens is 2. The number of imidazole rings is 1. The Morgan fingerprint density at radius 3 is 2.60 bits per heavy atom. The number of H-pyrrole nitrogens is 1. The van der Waals surface area contributed by atoms with Crippen molar-refractivity contribution in [2.75, 3.05) is 0 Å². The van der Waals surface area contributed by atoms with Crippen LogP contribution in [0.1, 0.15) is 0 Å². The fraction of sp³-hybridized carbons (Fsp3) is 0.100. The second kappa shape index (κ2) is 3.58. The average Bonchev–Trinajstić information content (AvgIpc) is 2.49. The number of hydrogen-bond acceptors (Lipinski definition) is 1. The molecule has 1 N–H and O–H groups in total. The molecule has 1 aromatic carbocycles. The lowest BCUT2D eigenvalue weighted by atomic mass is 10.1. The smallest absolute Gasteiger partial charge is 0.177 e. The Morgan fingerprint density at radius 2 is 2.07 bits per heavy atom. The molecule has 0 radical (unpaired) electrons. The normalized spacial score (nSPS) is 10.6. The first-order valence-corrected chi connectivity index (χ1v) is 4.70. The Morgan fingerprint density at radius 1 is 1.33 bits per heavy atom. The van der Waals surface area contributed by atoms with Crippen LogP contribution in [0.5, 0.6) is 0 Å². The van der Waals surface area contributed by atoms with Gasteiger partial charge in [0.1, 0.15) is 11.6 Å². The largest absolute Gasteiger partial charge is 0.337 e. The molecule has 0 amide bonds. The molecule has 1 aromatic heterocycles. The SMILES string of the molecule is Cn1c(-c2ccc(F)cc2F)c[nH]c1=S. The van der Waals surface area contributed by atoms with Gasteiger partial charge in [-0.2, -0.15) is 0 Å². The van der Waals surface area contributed by atoms with Gasteiger partial charge in [0.05, 0.1) is 5.69 Å². The van der Waals surface area contributed by atoms with E-state index in [4.69, 9.17) is 12.2 Å². The molecule has 0 saturated heterocycles. The van der Waals surface area contributed by atoms with Crippen molar-refractivity contribution in [1.82, 2.24) is 9.55 Å². The minimum Gasteiger partial charge on any atom is -0.337 e. The van der Waals surface area contributed by atoms with Gasteiger partial charge < -0.3 is 9.55 Å². The van der Waals surface area contributed by atoms with Gasteiger partial charge in [0, 0.05) is 24.9 Å². The fourth-order valence-corrected chi connectivity index (χ4v) is 1.55. The third kappa shape index (κ3) is 1.70. The minimum atomic E-state index is -0.598. The van der Waals surface area contributed by atoms with E-state index < -0.39 is 11.6 Å². The van der Waals surface area contributed by atoms with Crippen LogP contribution in [0.15, 0.2) is 24.4 Å². The number of nitrogens with one attached hydrogen (secondary N) is 1. The Labute approximate surface area is 90.2 Å². The van der Waals surface area contributed by atoms with E-state index in [1.165, 1.54) is 12.1 Å². The monoisotopic (exact) mass is 226 g/mol. The highest BCUT2D eigenvalue weighted by Crippen LogP contribution is 2.22. The molecule has 0 aliphatic heterocycles. The first-order chi connectivity index (χ1) is 7.09. The molecule has 78 valence electrons. The van der Waals surface area contributed by atoms with Gasteiger partial charge in [-0.3, -0.25) is 0 Å². The zero-order valence-electron chi connectivity index (χ0n) is 7.92. The van der Waals surface area contributed by atoms with Gasteiger partial charge >= 0.3 is 0 Å².